The highest BCUT2D eigenvalue weighted by Gasteiger charge is 2.63. The minimum atomic E-state index is -1.96. The van der Waals surface area contributed by atoms with Gasteiger partial charge in [-0.25, -0.2) is 0 Å². The van der Waals surface area contributed by atoms with Crippen molar-refractivity contribution in [1.29, 1.82) is 0 Å². The Morgan fingerprint density at radius 3 is 2.17 bits per heavy atom. The third-order valence-corrected chi connectivity index (χ3v) is 7.05. The molecule has 2 unspecified atom stereocenters. The Hall–Kier alpha value is -0.830. The van der Waals surface area contributed by atoms with Crippen LogP contribution in [0, 0.1) is 12.0 Å². The van der Waals surface area contributed by atoms with Crippen LogP contribution in [-0.2, 0) is 22.4 Å². The largest absolute Gasteiger partial charge is 0.296 e. The highest BCUT2D eigenvalue weighted by Crippen LogP contribution is 2.59. The van der Waals surface area contributed by atoms with Gasteiger partial charge in [0, 0.05) is 17.9 Å². The number of benzene rings is 2. The molecule has 0 heterocycles. The molecule has 2 atom stereocenters. The molecule has 0 N–H and O–H groups in total. The molecule has 5 rings (SSSR count). The van der Waals surface area contributed by atoms with Crippen LogP contribution in [0.2, 0.25) is 0 Å². The Morgan fingerprint density at radius 2 is 1.57 bits per heavy atom. The minimum absolute atomic E-state index is 0.0120. The molecule has 30 heavy (non-hydrogen) atoms. The average Bonchev–Trinajstić information content (AvgIpc) is 3.31. The summed E-state index contributed by atoms with van der Waals surface area (Å²) in [4.78, 5) is 21.4. The second kappa shape index (κ2) is 9.35. The number of alkyl halides is 5. The fourth-order valence-electron chi connectivity index (χ4n) is 3.70. The molecule has 0 bridgehead atoms. The number of ketones is 1. The number of rotatable bonds is 0. The molecule has 8 heteroatoms. The van der Waals surface area contributed by atoms with E-state index >= 15 is 0 Å². The van der Waals surface area contributed by atoms with Gasteiger partial charge in [0.25, 0.3) is 9.03 Å². The summed E-state index contributed by atoms with van der Waals surface area (Å²) in [5, 5.41) is -0.988. The fourth-order valence-corrected chi connectivity index (χ4v) is 4.52. The Kier molecular flexibility index (Phi) is 7.42. The number of carbonyl (C=O) groups excluding carboxylic acids is 2. The predicted octanol–water partition coefficient (Wildman–Crippen LogP) is 6.88. The maximum atomic E-state index is 11.6. The van der Waals surface area contributed by atoms with Crippen molar-refractivity contribution in [3.8, 4) is 0 Å². The number of carbonyl (C=O) groups is 2. The second-order valence-electron chi connectivity index (χ2n) is 6.97. The zero-order chi connectivity index (χ0) is 22.1. The number of Topliss-reactive ketones (excluding diaryl/α,β-unsaturated/α-hetero) is 1. The summed E-state index contributed by atoms with van der Waals surface area (Å²) in [5.41, 5.74) is 5.11. The molecular formula is C22H15Cl6O2+. The van der Waals surface area contributed by atoms with Crippen molar-refractivity contribution in [3.05, 3.63) is 76.9 Å². The smallest absolute Gasteiger partial charge is 0.273 e. The van der Waals surface area contributed by atoms with Crippen molar-refractivity contribution in [2.45, 2.75) is 26.9 Å². The lowest BCUT2D eigenvalue weighted by Crippen LogP contribution is -2.52. The maximum Gasteiger partial charge on any atom is 0.273 e. The molecule has 3 aliphatic rings. The predicted molar refractivity (Wildman–Crippen MR) is 125 cm³/mol. The van der Waals surface area contributed by atoms with Crippen LogP contribution in [0.1, 0.15) is 28.2 Å². The third-order valence-electron chi connectivity index (χ3n) is 5.12. The zero-order valence-electron chi connectivity index (χ0n) is 15.3. The number of fused-ring (bicyclic) bond motifs is 4. The highest BCUT2D eigenvalue weighted by molar-refractivity contribution is 6.88. The molecular weight excluding hydrogens is 509 g/mol. The number of hydrogen-bond acceptors (Lipinski definition) is 2. The molecule has 2 aromatic rings. The van der Waals surface area contributed by atoms with Gasteiger partial charge in [0.1, 0.15) is 12.0 Å². The van der Waals surface area contributed by atoms with Gasteiger partial charge >= 0.3 is 0 Å². The van der Waals surface area contributed by atoms with Gasteiger partial charge in [-0.05, 0) is 41.3 Å². The number of halogens is 6. The standard InChI is InChI=1S/C11H8Cl2O.C9H7.C2Cl4O/c12-11(13)9-7-4-2-1-3-6(7)5-8(9)10(11)14;1-2-5-9-7-3-6-8(9)4-1;3-1(7)2(4,5)6/h1-4,8-9H,5H2;1-2,4-6H,7H2;/q;+1;. The van der Waals surface area contributed by atoms with E-state index in [-0.39, 0.29) is 17.6 Å². The number of allylic oxidation sites excluding steroid dienone is 1. The first-order valence-corrected chi connectivity index (χ1v) is 11.2. The summed E-state index contributed by atoms with van der Waals surface area (Å²) < 4.78 is -3.13. The fraction of sp³-hybridized carbons (Fsp3) is 0.273. The van der Waals surface area contributed by atoms with E-state index in [4.69, 9.17) is 69.6 Å². The molecule has 0 amide bonds. The quantitative estimate of drug-likeness (QED) is 0.214. The monoisotopic (exact) mass is 521 g/mol. The van der Waals surface area contributed by atoms with Crippen LogP contribution in [0.5, 0.6) is 0 Å². The van der Waals surface area contributed by atoms with Crippen molar-refractivity contribution in [3.63, 3.8) is 0 Å². The van der Waals surface area contributed by atoms with E-state index in [0.717, 1.165) is 18.4 Å². The molecule has 0 spiro atoms. The van der Waals surface area contributed by atoms with E-state index < -0.39 is 13.4 Å². The Bertz CT molecular complexity index is 993. The van der Waals surface area contributed by atoms with E-state index in [2.05, 4.69) is 36.4 Å². The second-order valence-corrected chi connectivity index (χ2v) is 11.0. The Morgan fingerprint density at radius 1 is 1.00 bits per heavy atom. The highest BCUT2D eigenvalue weighted by atomic mass is 35.6. The lowest BCUT2D eigenvalue weighted by molar-refractivity contribution is -0.131. The van der Waals surface area contributed by atoms with Gasteiger partial charge in [0.15, 0.2) is 16.2 Å². The van der Waals surface area contributed by atoms with Gasteiger partial charge in [0.05, 0.1) is 11.6 Å². The molecule has 0 aromatic heterocycles. The molecule has 1 saturated carbocycles. The molecule has 156 valence electrons. The zero-order valence-corrected chi connectivity index (χ0v) is 19.9. The first-order chi connectivity index (χ1) is 14.0. The topological polar surface area (TPSA) is 34.1 Å². The summed E-state index contributed by atoms with van der Waals surface area (Å²) in [5.74, 6) is 0.0407. The summed E-state index contributed by atoms with van der Waals surface area (Å²) in [7, 11) is 0. The van der Waals surface area contributed by atoms with E-state index in [9.17, 15) is 9.59 Å². The lowest BCUT2D eigenvalue weighted by atomic mass is 9.72. The van der Waals surface area contributed by atoms with Gasteiger partial charge in [0.2, 0.25) is 0 Å². The maximum absolute atomic E-state index is 11.6. The van der Waals surface area contributed by atoms with Gasteiger partial charge in [-0.15, -0.1) is 0 Å². The summed E-state index contributed by atoms with van der Waals surface area (Å²) in [6, 6.07) is 16.4. The molecule has 2 aromatic carbocycles. The molecule has 0 radical (unpaired) electrons. The summed E-state index contributed by atoms with van der Waals surface area (Å²) in [6.45, 7) is 0. The van der Waals surface area contributed by atoms with E-state index in [1.54, 1.807) is 0 Å². The summed E-state index contributed by atoms with van der Waals surface area (Å²) in [6.07, 6.45) is 7.02. The van der Waals surface area contributed by atoms with Crippen molar-refractivity contribution in [1.82, 2.24) is 0 Å². The Labute approximate surface area is 205 Å². The van der Waals surface area contributed by atoms with Gasteiger partial charge in [-0.1, -0.05) is 88.3 Å². The normalized spacial score (nSPS) is 21.5. The molecule has 3 aliphatic carbocycles. The van der Waals surface area contributed by atoms with Crippen molar-refractivity contribution in [2.24, 2.45) is 5.92 Å². The van der Waals surface area contributed by atoms with Crippen LogP contribution >= 0.6 is 69.6 Å². The van der Waals surface area contributed by atoms with Crippen LogP contribution < -0.4 is 0 Å². The van der Waals surface area contributed by atoms with Crippen LogP contribution in [0.25, 0.3) is 6.08 Å². The van der Waals surface area contributed by atoms with Crippen LogP contribution in [0.4, 0.5) is 0 Å². The summed E-state index contributed by atoms with van der Waals surface area (Å²) >= 11 is 31.5. The SMILES string of the molecule is O=C(Cl)C(Cl)(Cl)Cl.O=C1C2Cc3ccccc3C2C1(Cl)Cl.[C+]1=Cc2ccccc2C1. The van der Waals surface area contributed by atoms with Gasteiger partial charge in [-0.3, -0.25) is 9.59 Å². The third kappa shape index (κ3) is 4.97. The van der Waals surface area contributed by atoms with E-state index in [1.807, 2.05) is 24.3 Å². The van der Waals surface area contributed by atoms with Crippen LogP contribution in [0.15, 0.2) is 48.5 Å². The Balaban J connectivity index is 0.000000139. The van der Waals surface area contributed by atoms with E-state index in [1.165, 1.54) is 16.7 Å². The molecule has 0 aliphatic heterocycles. The van der Waals surface area contributed by atoms with Crippen molar-refractivity contribution >= 4 is 86.7 Å². The van der Waals surface area contributed by atoms with Crippen molar-refractivity contribution < 1.29 is 9.59 Å². The molecule has 2 nitrogen and oxygen atoms in total. The lowest BCUT2D eigenvalue weighted by Gasteiger charge is -2.41. The first-order valence-electron chi connectivity index (χ1n) is 8.94. The first kappa shape index (κ1) is 23.8. The molecule has 1 fully saturated rings. The number of hydrogen-bond donors (Lipinski definition) is 0. The average molecular weight is 524 g/mol. The van der Waals surface area contributed by atoms with Crippen LogP contribution in [-0.4, -0.2) is 19.2 Å². The minimum Gasteiger partial charge on any atom is -0.296 e. The molecule has 0 saturated heterocycles. The van der Waals surface area contributed by atoms with Gasteiger partial charge < -0.3 is 0 Å². The van der Waals surface area contributed by atoms with Crippen LogP contribution in [0.3, 0.4) is 0 Å². The van der Waals surface area contributed by atoms with E-state index in [0.29, 0.717) is 0 Å². The van der Waals surface area contributed by atoms with Crippen molar-refractivity contribution in [2.75, 3.05) is 0 Å². The van der Waals surface area contributed by atoms with Gasteiger partial charge in [-0.2, -0.15) is 0 Å².